The minimum atomic E-state index is -4.55. The fourth-order valence-corrected chi connectivity index (χ4v) is 1.39. The molecule has 0 spiro atoms. The Hall–Kier alpha value is -2.24. The van der Waals surface area contributed by atoms with Crippen molar-refractivity contribution in [1.82, 2.24) is 4.98 Å². The molecule has 3 nitrogen and oxygen atoms in total. The molecule has 0 atom stereocenters. The first kappa shape index (κ1) is 13.2. The predicted octanol–water partition coefficient (Wildman–Crippen LogP) is 3.91. The Morgan fingerprint density at radius 2 is 1.79 bits per heavy atom. The zero-order chi connectivity index (χ0) is 14.0. The van der Waals surface area contributed by atoms with E-state index in [9.17, 15) is 18.3 Å². The van der Waals surface area contributed by atoms with Crippen LogP contribution >= 0.6 is 0 Å². The maximum absolute atomic E-state index is 12.4. The summed E-state index contributed by atoms with van der Waals surface area (Å²) in [6, 6.07) is 7.39. The molecule has 6 heteroatoms. The van der Waals surface area contributed by atoms with E-state index < -0.39 is 17.5 Å². The number of halogens is 3. The zero-order valence-corrected chi connectivity index (χ0v) is 9.90. The van der Waals surface area contributed by atoms with Crippen molar-refractivity contribution in [3.63, 3.8) is 0 Å². The number of hydrogen-bond acceptors (Lipinski definition) is 3. The second-order valence-electron chi connectivity index (χ2n) is 3.96. The van der Waals surface area contributed by atoms with Crippen LogP contribution in [0.3, 0.4) is 0 Å². The lowest BCUT2D eigenvalue weighted by Gasteiger charge is -2.10. The first-order valence-electron chi connectivity index (χ1n) is 5.37. The third-order valence-electron chi connectivity index (χ3n) is 2.40. The number of aryl methyl sites for hydroxylation is 1. The SMILES string of the molecule is Cc1ccc(Oc2ncc(C(F)(F)F)cc2O)cc1. The van der Waals surface area contributed by atoms with E-state index in [0.717, 1.165) is 5.56 Å². The van der Waals surface area contributed by atoms with Crippen LogP contribution < -0.4 is 4.74 Å². The van der Waals surface area contributed by atoms with E-state index in [1.807, 2.05) is 6.92 Å². The van der Waals surface area contributed by atoms with Gasteiger partial charge in [0.25, 0.3) is 5.88 Å². The highest BCUT2D eigenvalue weighted by Crippen LogP contribution is 2.35. The molecule has 0 amide bonds. The molecule has 0 aliphatic carbocycles. The standard InChI is InChI=1S/C13H10F3NO2/c1-8-2-4-10(5-3-8)19-12-11(18)6-9(7-17-12)13(14,15)16/h2-7,18H,1H3. The van der Waals surface area contributed by atoms with E-state index in [2.05, 4.69) is 4.98 Å². The number of aromatic nitrogens is 1. The largest absolute Gasteiger partial charge is 0.503 e. The Labute approximate surface area is 107 Å². The maximum atomic E-state index is 12.4. The van der Waals surface area contributed by atoms with Gasteiger partial charge in [0, 0.05) is 6.20 Å². The van der Waals surface area contributed by atoms with Gasteiger partial charge < -0.3 is 9.84 Å². The molecule has 0 bridgehead atoms. The summed E-state index contributed by atoms with van der Waals surface area (Å²) in [5.74, 6) is -0.541. The summed E-state index contributed by atoms with van der Waals surface area (Å²) in [7, 11) is 0. The Bertz CT molecular complexity index is 579. The third-order valence-corrected chi connectivity index (χ3v) is 2.40. The molecule has 0 aliphatic heterocycles. The molecule has 0 unspecified atom stereocenters. The van der Waals surface area contributed by atoms with Gasteiger partial charge in [-0.1, -0.05) is 17.7 Å². The van der Waals surface area contributed by atoms with Crippen molar-refractivity contribution in [3.8, 4) is 17.4 Å². The number of hydrogen-bond donors (Lipinski definition) is 1. The number of pyridine rings is 1. The summed E-state index contributed by atoms with van der Waals surface area (Å²) in [6.45, 7) is 1.89. The minimum absolute atomic E-state index is 0.267. The molecule has 1 aromatic carbocycles. The highest BCUT2D eigenvalue weighted by molar-refractivity contribution is 5.39. The first-order valence-corrected chi connectivity index (χ1v) is 5.37. The molecular formula is C13H10F3NO2. The van der Waals surface area contributed by atoms with Crippen molar-refractivity contribution < 1.29 is 23.0 Å². The van der Waals surface area contributed by atoms with Crippen LogP contribution in [-0.2, 0) is 6.18 Å². The van der Waals surface area contributed by atoms with Gasteiger partial charge in [0.05, 0.1) is 5.56 Å². The molecule has 0 fully saturated rings. The quantitative estimate of drug-likeness (QED) is 0.898. The van der Waals surface area contributed by atoms with Gasteiger partial charge in [-0.05, 0) is 25.1 Å². The Balaban J connectivity index is 2.24. The fraction of sp³-hybridized carbons (Fsp3) is 0.154. The monoisotopic (exact) mass is 269 g/mol. The van der Waals surface area contributed by atoms with Crippen molar-refractivity contribution in [2.24, 2.45) is 0 Å². The molecule has 0 saturated carbocycles. The molecule has 2 rings (SSSR count). The van der Waals surface area contributed by atoms with Crippen LogP contribution in [-0.4, -0.2) is 10.1 Å². The number of benzene rings is 1. The summed E-state index contributed by atoms with van der Waals surface area (Å²) in [6.07, 6.45) is -3.93. The molecule has 0 aliphatic rings. The lowest BCUT2D eigenvalue weighted by Crippen LogP contribution is -2.05. The molecule has 19 heavy (non-hydrogen) atoms. The number of nitrogens with zero attached hydrogens (tertiary/aromatic N) is 1. The zero-order valence-electron chi connectivity index (χ0n) is 9.90. The van der Waals surface area contributed by atoms with Crippen LogP contribution in [0.15, 0.2) is 36.5 Å². The molecule has 0 saturated heterocycles. The van der Waals surface area contributed by atoms with Gasteiger partial charge in [-0.15, -0.1) is 0 Å². The third kappa shape index (κ3) is 3.15. The van der Waals surface area contributed by atoms with Gasteiger partial charge >= 0.3 is 6.18 Å². The highest BCUT2D eigenvalue weighted by Gasteiger charge is 2.32. The molecule has 2 aromatic rings. The van der Waals surface area contributed by atoms with E-state index in [1.54, 1.807) is 24.3 Å². The summed E-state index contributed by atoms with van der Waals surface area (Å²) >= 11 is 0. The summed E-state index contributed by atoms with van der Waals surface area (Å²) in [5, 5.41) is 9.48. The molecule has 1 aromatic heterocycles. The van der Waals surface area contributed by atoms with E-state index in [4.69, 9.17) is 4.74 Å². The Morgan fingerprint density at radius 1 is 1.16 bits per heavy atom. The fourth-order valence-electron chi connectivity index (χ4n) is 1.39. The summed E-state index contributed by atoms with van der Waals surface area (Å²) < 4.78 is 42.3. The lowest BCUT2D eigenvalue weighted by molar-refractivity contribution is -0.138. The number of alkyl halides is 3. The first-order chi connectivity index (χ1) is 8.86. The van der Waals surface area contributed by atoms with Crippen molar-refractivity contribution in [2.75, 3.05) is 0 Å². The molecule has 100 valence electrons. The Morgan fingerprint density at radius 3 is 2.32 bits per heavy atom. The normalized spacial score (nSPS) is 11.4. The van der Waals surface area contributed by atoms with Gasteiger partial charge in [-0.25, -0.2) is 4.98 Å². The second-order valence-corrected chi connectivity index (χ2v) is 3.96. The minimum Gasteiger partial charge on any atom is -0.503 e. The van der Waals surface area contributed by atoms with Crippen LogP contribution in [0.25, 0.3) is 0 Å². The smallest absolute Gasteiger partial charge is 0.418 e. The molecule has 1 heterocycles. The number of aromatic hydroxyl groups is 1. The van der Waals surface area contributed by atoms with Crippen LogP contribution in [0.5, 0.6) is 17.4 Å². The number of ether oxygens (including phenoxy) is 1. The lowest BCUT2D eigenvalue weighted by atomic mass is 10.2. The highest BCUT2D eigenvalue weighted by atomic mass is 19.4. The van der Waals surface area contributed by atoms with E-state index in [0.29, 0.717) is 18.0 Å². The van der Waals surface area contributed by atoms with Gasteiger partial charge in [0.1, 0.15) is 5.75 Å². The predicted molar refractivity (Wildman–Crippen MR) is 62.2 cm³/mol. The van der Waals surface area contributed by atoms with Crippen LogP contribution in [0, 0.1) is 6.92 Å². The maximum Gasteiger partial charge on any atom is 0.418 e. The van der Waals surface area contributed by atoms with Crippen LogP contribution in [0.2, 0.25) is 0 Å². The number of rotatable bonds is 2. The van der Waals surface area contributed by atoms with Crippen molar-refractivity contribution in [3.05, 3.63) is 47.7 Å². The summed E-state index contributed by atoms with van der Waals surface area (Å²) in [5.41, 5.74) is -0.0155. The average molecular weight is 269 g/mol. The van der Waals surface area contributed by atoms with Crippen molar-refractivity contribution in [1.29, 1.82) is 0 Å². The van der Waals surface area contributed by atoms with Gasteiger partial charge in [-0.2, -0.15) is 13.2 Å². The Kier molecular flexibility index (Phi) is 3.33. The van der Waals surface area contributed by atoms with E-state index in [1.165, 1.54) is 0 Å². The van der Waals surface area contributed by atoms with Crippen molar-refractivity contribution in [2.45, 2.75) is 13.1 Å². The van der Waals surface area contributed by atoms with Gasteiger partial charge in [-0.3, -0.25) is 0 Å². The van der Waals surface area contributed by atoms with Gasteiger partial charge in [0.2, 0.25) is 0 Å². The van der Waals surface area contributed by atoms with Gasteiger partial charge in [0.15, 0.2) is 5.75 Å². The van der Waals surface area contributed by atoms with Crippen LogP contribution in [0.1, 0.15) is 11.1 Å². The van der Waals surface area contributed by atoms with Crippen molar-refractivity contribution >= 4 is 0 Å². The summed E-state index contributed by atoms with van der Waals surface area (Å²) in [4.78, 5) is 3.47. The average Bonchev–Trinajstić information content (AvgIpc) is 2.33. The molecule has 1 N–H and O–H groups in total. The molecular weight excluding hydrogens is 259 g/mol. The topological polar surface area (TPSA) is 42.4 Å². The molecule has 0 radical (unpaired) electrons. The van der Waals surface area contributed by atoms with E-state index >= 15 is 0 Å². The second kappa shape index (κ2) is 4.79. The van der Waals surface area contributed by atoms with E-state index in [-0.39, 0.29) is 5.88 Å². The van der Waals surface area contributed by atoms with Crippen LogP contribution in [0.4, 0.5) is 13.2 Å².